The molecule has 0 aliphatic carbocycles. The summed E-state index contributed by atoms with van der Waals surface area (Å²) in [6.07, 6.45) is 1.98. The molecular formula is C7H9FN2. The number of hydrogen-bond acceptors (Lipinski definition) is 2. The van der Waals surface area contributed by atoms with Crippen LogP contribution >= 0.6 is 0 Å². The second-order valence-electron chi connectivity index (χ2n) is 2.17. The normalized spacial score (nSPS) is 13.0. The Labute approximate surface area is 58.9 Å². The Morgan fingerprint density at radius 2 is 2.30 bits per heavy atom. The minimum atomic E-state index is -0.990. The lowest BCUT2D eigenvalue weighted by molar-refractivity contribution is 0.373. The zero-order chi connectivity index (χ0) is 7.56. The zero-order valence-electron chi connectivity index (χ0n) is 5.71. The van der Waals surface area contributed by atoms with Crippen LogP contribution in [0.25, 0.3) is 0 Å². The lowest BCUT2D eigenvalue weighted by Crippen LogP contribution is -1.91. The number of pyridine rings is 1. The molecule has 0 saturated carbocycles. The third kappa shape index (κ3) is 1.43. The van der Waals surface area contributed by atoms with Gasteiger partial charge in [-0.1, -0.05) is 0 Å². The molecule has 0 aliphatic heterocycles. The Kier molecular flexibility index (Phi) is 1.85. The van der Waals surface area contributed by atoms with E-state index in [1.165, 1.54) is 19.3 Å². The lowest BCUT2D eigenvalue weighted by Gasteiger charge is -2.00. The van der Waals surface area contributed by atoms with Gasteiger partial charge in [0, 0.05) is 18.0 Å². The average Bonchev–Trinajstić information content (AvgIpc) is 1.88. The number of hydrogen-bond donors (Lipinski definition) is 1. The predicted octanol–water partition coefficient (Wildman–Crippen LogP) is 1.69. The molecule has 0 spiro atoms. The van der Waals surface area contributed by atoms with Gasteiger partial charge in [0.15, 0.2) is 0 Å². The first-order valence-corrected chi connectivity index (χ1v) is 3.04. The molecule has 1 atom stereocenters. The molecule has 0 radical (unpaired) electrons. The van der Waals surface area contributed by atoms with Gasteiger partial charge in [0.1, 0.15) is 6.17 Å². The van der Waals surface area contributed by atoms with Crippen LogP contribution in [0.4, 0.5) is 10.1 Å². The van der Waals surface area contributed by atoms with E-state index in [-0.39, 0.29) is 0 Å². The van der Waals surface area contributed by atoms with Gasteiger partial charge in [0.25, 0.3) is 0 Å². The Balaban J connectivity index is 2.96. The van der Waals surface area contributed by atoms with Gasteiger partial charge < -0.3 is 5.73 Å². The summed E-state index contributed by atoms with van der Waals surface area (Å²) in [5, 5.41) is 0. The fourth-order valence-corrected chi connectivity index (χ4v) is 0.694. The van der Waals surface area contributed by atoms with E-state index in [2.05, 4.69) is 4.98 Å². The molecule has 1 aromatic heterocycles. The van der Waals surface area contributed by atoms with E-state index < -0.39 is 6.17 Å². The van der Waals surface area contributed by atoms with Gasteiger partial charge in [-0.05, 0) is 13.0 Å². The first-order chi connectivity index (χ1) is 4.70. The number of alkyl halides is 1. The quantitative estimate of drug-likeness (QED) is 0.644. The molecule has 0 amide bonds. The number of nitrogen functional groups attached to an aromatic ring is 1. The van der Waals surface area contributed by atoms with Gasteiger partial charge in [-0.3, -0.25) is 4.98 Å². The van der Waals surface area contributed by atoms with Gasteiger partial charge in [-0.25, -0.2) is 4.39 Å². The van der Waals surface area contributed by atoms with Crippen LogP contribution in [0, 0.1) is 0 Å². The third-order valence-corrected chi connectivity index (χ3v) is 1.24. The first kappa shape index (κ1) is 6.99. The van der Waals surface area contributed by atoms with Crippen molar-refractivity contribution in [2.45, 2.75) is 13.1 Å². The topological polar surface area (TPSA) is 38.9 Å². The maximum Gasteiger partial charge on any atom is 0.124 e. The molecule has 0 aliphatic rings. The molecular weight excluding hydrogens is 131 g/mol. The Hall–Kier alpha value is -1.12. The molecule has 2 N–H and O–H groups in total. The second kappa shape index (κ2) is 2.64. The highest BCUT2D eigenvalue weighted by atomic mass is 19.1. The highest BCUT2D eigenvalue weighted by Crippen LogP contribution is 2.16. The van der Waals surface area contributed by atoms with Crippen LogP contribution in [-0.4, -0.2) is 4.98 Å². The molecule has 3 heteroatoms. The molecule has 10 heavy (non-hydrogen) atoms. The van der Waals surface area contributed by atoms with E-state index in [0.717, 1.165) is 0 Å². The van der Waals surface area contributed by atoms with E-state index in [1.54, 1.807) is 6.07 Å². The number of nitrogens with zero attached hydrogens (tertiary/aromatic N) is 1. The third-order valence-electron chi connectivity index (χ3n) is 1.24. The van der Waals surface area contributed by atoms with Gasteiger partial charge in [0.05, 0.1) is 5.69 Å². The van der Waals surface area contributed by atoms with Crippen molar-refractivity contribution >= 4 is 5.69 Å². The fraction of sp³-hybridized carbons (Fsp3) is 0.286. The summed E-state index contributed by atoms with van der Waals surface area (Å²) < 4.78 is 12.5. The summed E-state index contributed by atoms with van der Waals surface area (Å²) in [6.45, 7) is 1.45. The van der Waals surface area contributed by atoms with Crippen molar-refractivity contribution < 1.29 is 4.39 Å². The first-order valence-electron chi connectivity index (χ1n) is 3.04. The van der Waals surface area contributed by atoms with Crippen LogP contribution in [0.3, 0.4) is 0 Å². The minimum Gasteiger partial charge on any atom is -0.397 e. The molecule has 1 rings (SSSR count). The zero-order valence-corrected chi connectivity index (χ0v) is 5.71. The minimum absolute atomic E-state index is 0.502. The fourth-order valence-electron chi connectivity index (χ4n) is 0.694. The van der Waals surface area contributed by atoms with Crippen molar-refractivity contribution in [1.29, 1.82) is 0 Å². The van der Waals surface area contributed by atoms with Crippen molar-refractivity contribution in [2.24, 2.45) is 0 Å². The van der Waals surface area contributed by atoms with Crippen molar-refractivity contribution in [1.82, 2.24) is 4.98 Å². The Morgan fingerprint density at radius 3 is 2.70 bits per heavy atom. The Morgan fingerprint density at radius 1 is 1.60 bits per heavy atom. The van der Waals surface area contributed by atoms with E-state index in [9.17, 15) is 4.39 Å². The summed E-state index contributed by atoms with van der Waals surface area (Å²) in [4.78, 5) is 3.74. The van der Waals surface area contributed by atoms with Crippen molar-refractivity contribution in [3.63, 3.8) is 0 Å². The van der Waals surface area contributed by atoms with E-state index in [4.69, 9.17) is 5.73 Å². The molecule has 1 unspecified atom stereocenters. The Bertz CT molecular complexity index is 223. The number of anilines is 1. The van der Waals surface area contributed by atoms with Crippen LogP contribution in [0.1, 0.15) is 18.7 Å². The average molecular weight is 140 g/mol. The molecule has 0 fully saturated rings. The van der Waals surface area contributed by atoms with Crippen molar-refractivity contribution in [3.05, 3.63) is 24.0 Å². The molecule has 1 heterocycles. The van der Waals surface area contributed by atoms with Crippen LogP contribution in [0.2, 0.25) is 0 Å². The SMILES string of the molecule is CC(F)c1cncc(N)c1. The summed E-state index contributed by atoms with van der Waals surface area (Å²) >= 11 is 0. The molecule has 2 nitrogen and oxygen atoms in total. The molecule has 54 valence electrons. The van der Waals surface area contributed by atoms with E-state index >= 15 is 0 Å². The number of rotatable bonds is 1. The second-order valence-corrected chi connectivity index (χ2v) is 2.17. The monoisotopic (exact) mass is 140 g/mol. The highest BCUT2D eigenvalue weighted by Gasteiger charge is 2.01. The summed E-state index contributed by atoms with van der Waals surface area (Å²) in [6, 6.07) is 1.58. The molecule has 1 aromatic rings. The summed E-state index contributed by atoms with van der Waals surface area (Å²) in [5.74, 6) is 0. The molecule has 0 aromatic carbocycles. The van der Waals surface area contributed by atoms with Crippen molar-refractivity contribution in [2.75, 3.05) is 5.73 Å². The standard InChI is InChI=1S/C7H9FN2/c1-5(8)6-2-7(9)4-10-3-6/h2-5H,9H2,1H3. The van der Waals surface area contributed by atoms with Gasteiger partial charge >= 0.3 is 0 Å². The van der Waals surface area contributed by atoms with Gasteiger partial charge in [0.2, 0.25) is 0 Å². The maximum absolute atomic E-state index is 12.5. The summed E-state index contributed by atoms with van der Waals surface area (Å²) in [5.41, 5.74) is 6.40. The van der Waals surface area contributed by atoms with Gasteiger partial charge in [-0.15, -0.1) is 0 Å². The van der Waals surface area contributed by atoms with Crippen LogP contribution < -0.4 is 5.73 Å². The maximum atomic E-state index is 12.5. The van der Waals surface area contributed by atoms with Crippen molar-refractivity contribution in [3.8, 4) is 0 Å². The molecule has 0 bridgehead atoms. The lowest BCUT2D eigenvalue weighted by atomic mass is 10.2. The highest BCUT2D eigenvalue weighted by molar-refractivity contribution is 5.37. The van der Waals surface area contributed by atoms with Crippen LogP contribution in [0.15, 0.2) is 18.5 Å². The van der Waals surface area contributed by atoms with Crippen LogP contribution in [0.5, 0.6) is 0 Å². The number of aromatic nitrogens is 1. The van der Waals surface area contributed by atoms with Gasteiger partial charge in [-0.2, -0.15) is 0 Å². The van der Waals surface area contributed by atoms with Crippen LogP contribution in [-0.2, 0) is 0 Å². The number of nitrogens with two attached hydrogens (primary N) is 1. The largest absolute Gasteiger partial charge is 0.397 e. The summed E-state index contributed by atoms with van der Waals surface area (Å²) in [7, 11) is 0. The predicted molar refractivity (Wildman–Crippen MR) is 38.2 cm³/mol. The molecule has 0 saturated heterocycles. The number of halogens is 1. The van der Waals surface area contributed by atoms with E-state index in [0.29, 0.717) is 11.3 Å². The van der Waals surface area contributed by atoms with E-state index in [1.807, 2.05) is 0 Å². The smallest absolute Gasteiger partial charge is 0.124 e.